The minimum absolute atomic E-state index is 0.106. The molecule has 0 atom stereocenters. The molecule has 21 heavy (non-hydrogen) atoms. The Morgan fingerprint density at radius 3 is 2.71 bits per heavy atom. The van der Waals surface area contributed by atoms with Gasteiger partial charge in [0.05, 0.1) is 19.8 Å². The van der Waals surface area contributed by atoms with Gasteiger partial charge in [0.2, 0.25) is 0 Å². The predicted molar refractivity (Wildman–Crippen MR) is 71.3 cm³/mol. The molecule has 0 unspecified atom stereocenters. The van der Waals surface area contributed by atoms with Crippen molar-refractivity contribution in [1.82, 2.24) is 4.90 Å². The molecule has 1 amide bonds. The molecule has 112 valence electrons. The van der Waals surface area contributed by atoms with Crippen LogP contribution >= 0.6 is 0 Å². The predicted octanol–water partition coefficient (Wildman–Crippen LogP) is 2.07. The summed E-state index contributed by atoms with van der Waals surface area (Å²) in [6.45, 7) is 2.49. The van der Waals surface area contributed by atoms with Crippen molar-refractivity contribution in [3.05, 3.63) is 34.1 Å². The highest BCUT2D eigenvalue weighted by Gasteiger charge is 2.41. The summed E-state index contributed by atoms with van der Waals surface area (Å²) >= 11 is 0. The third-order valence-corrected chi connectivity index (χ3v) is 3.79. The number of ether oxygens (including phenoxy) is 2. The number of carbonyl (C=O) groups is 1. The smallest absolute Gasteiger partial charge is 0.289 e. The summed E-state index contributed by atoms with van der Waals surface area (Å²) in [5.41, 5.74) is 8.27. The van der Waals surface area contributed by atoms with E-state index in [-0.39, 0.29) is 18.2 Å². The number of azide groups is 1. The zero-order valence-electron chi connectivity index (χ0n) is 11.5. The number of furan rings is 1. The van der Waals surface area contributed by atoms with Gasteiger partial charge in [0.15, 0.2) is 11.5 Å². The molecule has 0 aromatic carbocycles. The highest BCUT2D eigenvalue weighted by atomic mass is 16.7. The molecular formula is C13H16N4O4. The highest BCUT2D eigenvalue weighted by molar-refractivity contribution is 5.91. The monoisotopic (exact) mass is 292 g/mol. The van der Waals surface area contributed by atoms with Gasteiger partial charge in [0, 0.05) is 30.8 Å². The van der Waals surface area contributed by atoms with Crippen molar-refractivity contribution in [2.24, 2.45) is 5.11 Å². The first-order valence-electron chi connectivity index (χ1n) is 6.89. The van der Waals surface area contributed by atoms with E-state index < -0.39 is 5.79 Å². The lowest BCUT2D eigenvalue weighted by atomic mass is 10.0. The minimum atomic E-state index is -0.493. The van der Waals surface area contributed by atoms with Crippen molar-refractivity contribution in [3.8, 4) is 0 Å². The van der Waals surface area contributed by atoms with Crippen molar-refractivity contribution < 1.29 is 18.7 Å². The lowest BCUT2D eigenvalue weighted by Crippen LogP contribution is -2.47. The zero-order chi connectivity index (χ0) is 14.7. The van der Waals surface area contributed by atoms with Crippen molar-refractivity contribution in [3.63, 3.8) is 0 Å². The van der Waals surface area contributed by atoms with Crippen molar-refractivity contribution in [2.75, 3.05) is 26.3 Å². The van der Waals surface area contributed by atoms with E-state index in [0.29, 0.717) is 44.9 Å². The molecule has 8 heteroatoms. The summed E-state index contributed by atoms with van der Waals surface area (Å²) in [5.74, 6) is 0.0940. The Morgan fingerprint density at radius 1 is 1.33 bits per heavy atom. The Balaban J connectivity index is 1.61. The quantitative estimate of drug-likeness (QED) is 0.483. The van der Waals surface area contributed by atoms with Gasteiger partial charge in [-0.15, -0.1) is 0 Å². The van der Waals surface area contributed by atoms with E-state index in [1.165, 1.54) is 0 Å². The summed E-state index contributed by atoms with van der Waals surface area (Å²) in [4.78, 5) is 16.7. The second-order valence-electron chi connectivity index (χ2n) is 5.05. The Bertz CT molecular complexity index is 562. The van der Waals surface area contributed by atoms with E-state index in [4.69, 9.17) is 19.4 Å². The second-order valence-corrected chi connectivity index (χ2v) is 5.05. The molecule has 3 heterocycles. The SMILES string of the molecule is [N-]=[N+]=NCc1ccc(C(=O)N2CCC3(CC2)OCCO3)o1. The number of piperidine rings is 1. The first-order valence-corrected chi connectivity index (χ1v) is 6.89. The van der Waals surface area contributed by atoms with Gasteiger partial charge in [-0.25, -0.2) is 0 Å². The molecule has 0 bridgehead atoms. The van der Waals surface area contributed by atoms with E-state index in [1.807, 2.05) is 0 Å². The lowest BCUT2D eigenvalue weighted by Gasteiger charge is -2.37. The fourth-order valence-corrected chi connectivity index (χ4v) is 2.67. The molecule has 2 aliphatic heterocycles. The normalized spacial score (nSPS) is 20.5. The number of hydrogen-bond acceptors (Lipinski definition) is 5. The fourth-order valence-electron chi connectivity index (χ4n) is 2.67. The summed E-state index contributed by atoms with van der Waals surface area (Å²) in [5, 5.41) is 3.40. The Labute approximate surface area is 121 Å². The second kappa shape index (κ2) is 5.77. The average molecular weight is 292 g/mol. The van der Waals surface area contributed by atoms with Crippen LogP contribution in [0, 0.1) is 0 Å². The van der Waals surface area contributed by atoms with Crippen molar-refractivity contribution in [2.45, 2.75) is 25.2 Å². The number of likely N-dealkylation sites (tertiary alicyclic amines) is 1. The van der Waals surface area contributed by atoms with Crippen LogP contribution in [0.3, 0.4) is 0 Å². The van der Waals surface area contributed by atoms with Crippen LogP contribution in [-0.2, 0) is 16.0 Å². The lowest BCUT2D eigenvalue weighted by molar-refractivity contribution is -0.181. The molecule has 0 N–H and O–H groups in total. The largest absolute Gasteiger partial charge is 0.456 e. The van der Waals surface area contributed by atoms with Gasteiger partial charge in [-0.1, -0.05) is 5.11 Å². The maximum Gasteiger partial charge on any atom is 0.289 e. The zero-order valence-corrected chi connectivity index (χ0v) is 11.5. The molecule has 2 fully saturated rings. The maximum atomic E-state index is 12.3. The number of carbonyl (C=O) groups excluding carboxylic acids is 1. The molecule has 0 saturated carbocycles. The Morgan fingerprint density at radius 2 is 2.05 bits per heavy atom. The summed E-state index contributed by atoms with van der Waals surface area (Å²) in [7, 11) is 0. The fraction of sp³-hybridized carbons (Fsp3) is 0.615. The van der Waals surface area contributed by atoms with Gasteiger partial charge in [-0.05, 0) is 17.7 Å². The van der Waals surface area contributed by atoms with Crippen molar-refractivity contribution in [1.29, 1.82) is 0 Å². The molecule has 2 saturated heterocycles. The molecule has 0 radical (unpaired) electrons. The first kappa shape index (κ1) is 13.9. The maximum absolute atomic E-state index is 12.3. The van der Waals surface area contributed by atoms with Crippen LogP contribution in [-0.4, -0.2) is 42.9 Å². The van der Waals surface area contributed by atoms with E-state index in [1.54, 1.807) is 17.0 Å². The number of hydrogen-bond donors (Lipinski definition) is 0. The van der Waals surface area contributed by atoms with Crippen LogP contribution in [0.1, 0.15) is 29.2 Å². The van der Waals surface area contributed by atoms with Gasteiger partial charge in [0.25, 0.3) is 5.91 Å². The molecule has 1 aromatic heterocycles. The topological polar surface area (TPSA) is 101 Å². The van der Waals surface area contributed by atoms with E-state index in [2.05, 4.69) is 10.0 Å². The number of nitrogens with zero attached hydrogens (tertiary/aromatic N) is 4. The first-order chi connectivity index (χ1) is 10.2. The van der Waals surface area contributed by atoms with Gasteiger partial charge in [0.1, 0.15) is 5.76 Å². The molecular weight excluding hydrogens is 276 g/mol. The summed E-state index contributed by atoms with van der Waals surface area (Å²) in [6.07, 6.45) is 1.34. The molecule has 1 spiro atoms. The van der Waals surface area contributed by atoms with Crippen LogP contribution in [0.4, 0.5) is 0 Å². The van der Waals surface area contributed by atoms with E-state index in [0.717, 1.165) is 0 Å². The highest BCUT2D eigenvalue weighted by Crippen LogP contribution is 2.31. The van der Waals surface area contributed by atoms with Gasteiger partial charge in [-0.3, -0.25) is 4.79 Å². The Kier molecular flexibility index (Phi) is 3.83. The van der Waals surface area contributed by atoms with Gasteiger partial charge in [-0.2, -0.15) is 0 Å². The van der Waals surface area contributed by atoms with Crippen LogP contribution in [0.2, 0.25) is 0 Å². The van der Waals surface area contributed by atoms with Crippen LogP contribution in [0.5, 0.6) is 0 Å². The molecule has 0 aliphatic carbocycles. The van der Waals surface area contributed by atoms with Gasteiger partial charge < -0.3 is 18.8 Å². The van der Waals surface area contributed by atoms with Gasteiger partial charge >= 0.3 is 0 Å². The summed E-state index contributed by atoms with van der Waals surface area (Å²) in [6, 6.07) is 3.26. The number of rotatable bonds is 3. The minimum Gasteiger partial charge on any atom is -0.456 e. The van der Waals surface area contributed by atoms with E-state index >= 15 is 0 Å². The van der Waals surface area contributed by atoms with Crippen molar-refractivity contribution >= 4 is 5.91 Å². The third kappa shape index (κ3) is 2.87. The molecule has 2 aliphatic rings. The number of amides is 1. The third-order valence-electron chi connectivity index (χ3n) is 3.79. The van der Waals surface area contributed by atoms with Crippen LogP contribution < -0.4 is 0 Å². The van der Waals surface area contributed by atoms with Crippen LogP contribution in [0.25, 0.3) is 10.4 Å². The molecule has 8 nitrogen and oxygen atoms in total. The Hall–Kier alpha value is -2.02. The van der Waals surface area contributed by atoms with Crippen LogP contribution in [0.15, 0.2) is 21.7 Å². The average Bonchev–Trinajstić information content (AvgIpc) is 3.15. The van der Waals surface area contributed by atoms with E-state index in [9.17, 15) is 4.79 Å². The molecule has 3 rings (SSSR count). The molecule has 1 aromatic rings. The summed E-state index contributed by atoms with van der Waals surface area (Å²) < 4.78 is 16.7. The standard InChI is InChI=1S/C13H16N4O4/c14-16-15-9-10-1-2-11(21-10)12(18)17-5-3-13(4-6-17)19-7-8-20-13/h1-2H,3-9H2.